The molecule has 2 heterocycles. The van der Waals surface area contributed by atoms with Gasteiger partial charge in [-0.2, -0.15) is 0 Å². The number of allylic oxidation sites excluding steroid dienone is 1. The summed E-state index contributed by atoms with van der Waals surface area (Å²) >= 11 is 5.85. The zero-order chi connectivity index (χ0) is 13.4. The predicted octanol–water partition coefficient (Wildman–Crippen LogP) is 2.79. The monoisotopic (exact) mass is 274 g/mol. The molecule has 0 saturated heterocycles. The molecular formula is C12H7ClN4O2. The number of non-ortho nitro benzene ring substituents is 1. The molecule has 19 heavy (non-hydrogen) atoms. The van der Waals surface area contributed by atoms with Crippen molar-refractivity contribution in [1.29, 1.82) is 0 Å². The third kappa shape index (κ3) is 2.17. The molecule has 0 unspecified atom stereocenters. The minimum Gasteiger partial charge on any atom is -0.258 e. The van der Waals surface area contributed by atoms with Crippen molar-refractivity contribution in [3.05, 3.63) is 46.2 Å². The maximum absolute atomic E-state index is 10.8. The highest BCUT2D eigenvalue weighted by Gasteiger charge is 2.21. The lowest BCUT2D eigenvalue weighted by atomic mass is 10.0. The van der Waals surface area contributed by atoms with E-state index in [1.807, 2.05) is 0 Å². The minimum absolute atomic E-state index is 0.00492. The van der Waals surface area contributed by atoms with Crippen LogP contribution >= 0.6 is 11.6 Å². The van der Waals surface area contributed by atoms with E-state index in [1.165, 1.54) is 12.1 Å². The van der Waals surface area contributed by atoms with Crippen LogP contribution in [0, 0.1) is 10.1 Å². The van der Waals surface area contributed by atoms with Crippen LogP contribution in [0.25, 0.3) is 0 Å². The molecule has 0 amide bonds. The van der Waals surface area contributed by atoms with E-state index in [9.17, 15) is 10.1 Å². The molecule has 6 nitrogen and oxygen atoms in total. The fourth-order valence-electron chi connectivity index (χ4n) is 1.88. The van der Waals surface area contributed by atoms with Crippen molar-refractivity contribution in [2.24, 2.45) is 15.0 Å². The van der Waals surface area contributed by atoms with Gasteiger partial charge in [0.1, 0.15) is 5.17 Å². The highest BCUT2D eigenvalue weighted by atomic mass is 35.5. The summed E-state index contributed by atoms with van der Waals surface area (Å²) in [5.74, 6) is 0.406. The summed E-state index contributed by atoms with van der Waals surface area (Å²) in [5, 5.41) is 11.0. The summed E-state index contributed by atoms with van der Waals surface area (Å²) < 4.78 is 0. The number of nitrogens with zero attached hydrogens (tertiary/aromatic N) is 4. The Kier molecular flexibility index (Phi) is 2.72. The van der Waals surface area contributed by atoms with E-state index in [4.69, 9.17) is 11.6 Å². The second kappa shape index (κ2) is 4.40. The topological polar surface area (TPSA) is 80.2 Å². The number of halogens is 1. The first kappa shape index (κ1) is 11.7. The molecule has 7 heteroatoms. The molecule has 2 aliphatic rings. The molecule has 0 saturated carbocycles. The second-order valence-electron chi connectivity index (χ2n) is 4.01. The summed E-state index contributed by atoms with van der Waals surface area (Å²) in [5.41, 5.74) is 2.13. The number of fused-ring (bicyclic) bond motifs is 2. The maximum Gasteiger partial charge on any atom is 0.271 e. The molecule has 0 atom stereocenters. The van der Waals surface area contributed by atoms with Gasteiger partial charge in [0.2, 0.25) is 0 Å². The van der Waals surface area contributed by atoms with Crippen LogP contribution in [0.15, 0.2) is 45.5 Å². The van der Waals surface area contributed by atoms with Crippen molar-refractivity contribution in [2.45, 2.75) is 6.42 Å². The first-order chi connectivity index (χ1) is 9.13. The fraction of sp³-hybridized carbons (Fsp3) is 0.0833. The lowest BCUT2D eigenvalue weighted by molar-refractivity contribution is -0.384. The predicted molar refractivity (Wildman–Crippen MR) is 73.8 cm³/mol. The van der Waals surface area contributed by atoms with E-state index in [2.05, 4.69) is 15.0 Å². The van der Waals surface area contributed by atoms with Gasteiger partial charge in [-0.1, -0.05) is 11.6 Å². The van der Waals surface area contributed by atoms with Crippen LogP contribution in [-0.4, -0.2) is 21.6 Å². The number of hydrogen-bond donors (Lipinski definition) is 0. The van der Waals surface area contributed by atoms with Crippen molar-refractivity contribution in [3.8, 4) is 0 Å². The Hall–Kier alpha value is -2.34. The van der Waals surface area contributed by atoms with Crippen LogP contribution in [-0.2, 0) is 6.42 Å². The van der Waals surface area contributed by atoms with E-state index in [0.29, 0.717) is 23.7 Å². The highest BCUT2D eigenvalue weighted by molar-refractivity contribution is 6.70. The van der Waals surface area contributed by atoms with Crippen LogP contribution in [0.2, 0.25) is 0 Å². The Morgan fingerprint density at radius 2 is 2.16 bits per heavy atom. The van der Waals surface area contributed by atoms with Crippen molar-refractivity contribution in [2.75, 3.05) is 0 Å². The zero-order valence-electron chi connectivity index (χ0n) is 9.58. The summed E-state index contributed by atoms with van der Waals surface area (Å²) in [7, 11) is 0. The van der Waals surface area contributed by atoms with E-state index >= 15 is 0 Å². The molecule has 3 rings (SSSR count). The molecule has 1 aromatic rings. The van der Waals surface area contributed by atoms with Crippen LogP contribution in [0.1, 0.15) is 5.56 Å². The van der Waals surface area contributed by atoms with Gasteiger partial charge < -0.3 is 0 Å². The van der Waals surface area contributed by atoms with E-state index in [1.54, 1.807) is 18.3 Å². The van der Waals surface area contributed by atoms with Crippen LogP contribution in [0.5, 0.6) is 0 Å². The Morgan fingerprint density at radius 3 is 2.95 bits per heavy atom. The number of rotatable bonds is 1. The molecule has 0 fully saturated rings. The summed E-state index contributed by atoms with van der Waals surface area (Å²) in [6, 6.07) is 4.58. The summed E-state index contributed by atoms with van der Waals surface area (Å²) in [6.07, 6.45) is 3.67. The fourth-order valence-corrected chi connectivity index (χ4v) is 2.01. The smallest absolute Gasteiger partial charge is 0.258 e. The van der Waals surface area contributed by atoms with Crippen molar-refractivity contribution in [1.82, 2.24) is 0 Å². The molecule has 0 spiro atoms. The number of amidine groups is 1. The molecular weight excluding hydrogens is 268 g/mol. The summed E-state index contributed by atoms with van der Waals surface area (Å²) in [4.78, 5) is 22.9. The van der Waals surface area contributed by atoms with Gasteiger partial charge in [-0.05, 0) is 17.7 Å². The lowest BCUT2D eigenvalue weighted by Crippen LogP contribution is -2.18. The molecule has 94 valence electrons. The van der Waals surface area contributed by atoms with Gasteiger partial charge in [0.25, 0.3) is 5.69 Å². The van der Waals surface area contributed by atoms with Crippen molar-refractivity contribution < 1.29 is 4.92 Å². The summed E-state index contributed by atoms with van der Waals surface area (Å²) in [6.45, 7) is 0. The minimum atomic E-state index is -0.449. The number of benzene rings is 1. The molecule has 0 bridgehead atoms. The Labute approximate surface area is 113 Å². The highest BCUT2D eigenvalue weighted by Crippen LogP contribution is 2.30. The molecule has 0 aromatic heterocycles. The van der Waals surface area contributed by atoms with Crippen molar-refractivity contribution in [3.63, 3.8) is 0 Å². The van der Waals surface area contributed by atoms with Gasteiger partial charge in [0, 0.05) is 24.8 Å². The van der Waals surface area contributed by atoms with Crippen molar-refractivity contribution >= 4 is 39.7 Å². The molecule has 0 aliphatic carbocycles. The normalized spacial score (nSPS) is 16.6. The lowest BCUT2D eigenvalue weighted by Gasteiger charge is -2.13. The van der Waals surface area contributed by atoms with E-state index in [-0.39, 0.29) is 10.9 Å². The molecule has 0 N–H and O–H groups in total. The largest absolute Gasteiger partial charge is 0.271 e. The Bertz CT molecular complexity index is 704. The Morgan fingerprint density at radius 1 is 1.32 bits per heavy atom. The third-order valence-electron chi connectivity index (χ3n) is 2.78. The van der Waals surface area contributed by atoms with E-state index in [0.717, 1.165) is 5.56 Å². The zero-order valence-corrected chi connectivity index (χ0v) is 10.3. The average molecular weight is 275 g/mol. The maximum atomic E-state index is 10.8. The number of aliphatic imine (C=N–C) groups is 3. The second-order valence-corrected chi connectivity index (χ2v) is 4.40. The van der Waals surface area contributed by atoms with Crippen LogP contribution in [0.3, 0.4) is 0 Å². The molecule has 0 radical (unpaired) electrons. The van der Waals surface area contributed by atoms with Gasteiger partial charge in [-0.15, -0.1) is 0 Å². The van der Waals surface area contributed by atoms with Gasteiger partial charge >= 0.3 is 0 Å². The standard InChI is InChI=1S/C12H7ClN4O2/c13-11-3-4-14-10-5-7-1-2-8(17(18)19)6-9(7)15-12(10)16-11/h1-4,6H,5H2. The number of hydrogen-bond acceptors (Lipinski definition) is 5. The quantitative estimate of drug-likeness (QED) is 0.583. The van der Waals surface area contributed by atoms with Gasteiger partial charge in [0.05, 0.1) is 16.3 Å². The van der Waals surface area contributed by atoms with Gasteiger partial charge in [-0.25, -0.2) is 9.98 Å². The first-order valence-corrected chi connectivity index (χ1v) is 5.85. The van der Waals surface area contributed by atoms with Gasteiger partial charge in [-0.3, -0.25) is 15.1 Å². The molecule has 2 aliphatic heterocycles. The van der Waals surface area contributed by atoms with E-state index < -0.39 is 4.92 Å². The third-order valence-corrected chi connectivity index (χ3v) is 2.99. The van der Waals surface area contributed by atoms with Crippen LogP contribution < -0.4 is 0 Å². The number of nitro groups is 1. The van der Waals surface area contributed by atoms with Crippen LogP contribution in [0.4, 0.5) is 11.4 Å². The van der Waals surface area contributed by atoms with Gasteiger partial charge in [0.15, 0.2) is 5.84 Å². The SMILES string of the molecule is O=[N+]([O-])c1ccc2c(c1)N=C1N=C(Cl)C=CN=C1C2. The first-order valence-electron chi connectivity index (χ1n) is 5.47. The Balaban J connectivity index is 2.13. The number of nitro benzene ring substituents is 1. The molecule has 1 aromatic carbocycles. The average Bonchev–Trinajstić information content (AvgIpc) is 2.55.